The molecule has 0 saturated carbocycles. The zero-order valence-electron chi connectivity index (χ0n) is 11.6. The predicted octanol–water partition coefficient (Wildman–Crippen LogP) is -3.04. The average molecular weight is 360 g/mol. The minimum atomic E-state index is -5.17. The number of hydrogen-bond acceptors (Lipinski definition) is 8. The number of phosphoric ester groups is 1. The van der Waals surface area contributed by atoms with Crippen LogP contribution in [-0.2, 0) is 13.8 Å². The summed E-state index contributed by atoms with van der Waals surface area (Å²) in [5.74, 6) is 0. The maximum Gasteiger partial charge on any atom is 2.00 e. The molecule has 0 amide bonds. The van der Waals surface area contributed by atoms with Gasteiger partial charge >= 0.3 is 43.4 Å². The van der Waals surface area contributed by atoms with Crippen molar-refractivity contribution in [2.24, 2.45) is 0 Å². The van der Waals surface area contributed by atoms with Crippen LogP contribution in [0.15, 0.2) is 15.8 Å². The molecule has 1 unspecified atom stereocenters. The summed E-state index contributed by atoms with van der Waals surface area (Å²) >= 11 is 0. The largest absolute Gasteiger partial charge is 2.00 e. The van der Waals surface area contributed by atoms with E-state index in [1.807, 2.05) is 0 Å². The number of aromatic amines is 1. The van der Waals surface area contributed by atoms with E-state index in [4.69, 9.17) is 4.74 Å². The van der Waals surface area contributed by atoms with E-state index in [2.05, 4.69) is 9.51 Å². The number of ether oxygens (including phenoxy) is 1. The van der Waals surface area contributed by atoms with E-state index >= 15 is 0 Å². The molecule has 0 radical (unpaired) electrons. The molecule has 2 rings (SSSR count). The van der Waals surface area contributed by atoms with E-state index < -0.39 is 44.1 Å². The molecule has 12 heteroatoms. The Morgan fingerprint density at radius 1 is 1.55 bits per heavy atom. The minimum absolute atomic E-state index is 0. The number of H-pyrrole nitrogens is 1. The topological polar surface area (TPSA) is 157 Å². The van der Waals surface area contributed by atoms with Crippen molar-refractivity contribution in [3.8, 4) is 0 Å². The first kappa shape index (κ1) is 20.0. The molecule has 1 aromatic heterocycles. The summed E-state index contributed by atoms with van der Waals surface area (Å²) < 4.78 is 20.8. The van der Waals surface area contributed by atoms with E-state index in [1.165, 1.54) is 13.1 Å². The van der Waals surface area contributed by atoms with Crippen LogP contribution in [0, 0.1) is 6.92 Å². The molecular formula is C10H13CaN2O8P. The van der Waals surface area contributed by atoms with E-state index in [-0.39, 0.29) is 49.7 Å². The van der Waals surface area contributed by atoms with Gasteiger partial charge in [-0.05, 0) is 6.92 Å². The van der Waals surface area contributed by atoms with Crippen molar-refractivity contribution in [1.82, 2.24) is 9.55 Å². The Bertz CT molecular complexity index is 682. The van der Waals surface area contributed by atoms with Crippen LogP contribution >= 0.6 is 7.82 Å². The molecule has 0 bridgehead atoms. The van der Waals surface area contributed by atoms with Crippen LogP contribution in [-0.4, -0.2) is 71.2 Å². The summed E-state index contributed by atoms with van der Waals surface area (Å²) in [7, 11) is -5.17. The van der Waals surface area contributed by atoms with Crippen molar-refractivity contribution in [2.75, 3.05) is 6.61 Å². The van der Waals surface area contributed by atoms with Crippen molar-refractivity contribution in [2.45, 2.75) is 31.8 Å². The summed E-state index contributed by atoms with van der Waals surface area (Å²) in [6, 6.07) is 0. The Kier molecular flexibility index (Phi) is 7.00. The Morgan fingerprint density at radius 3 is 2.77 bits per heavy atom. The molecule has 1 aromatic rings. The van der Waals surface area contributed by atoms with Crippen LogP contribution < -0.4 is 21.0 Å². The van der Waals surface area contributed by atoms with Gasteiger partial charge in [-0.3, -0.25) is 14.3 Å². The van der Waals surface area contributed by atoms with E-state index in [0.29, 0.717) is 0 Å². The maximum atomic E-state index is 11.7. The number of aromatic nitrogens is 2. The molecule has 118 valence electrons. The van der Waals surface area contributed by atoms with Gasteiger partial charge in [-0.15, -0.1) is 0 Å². The zero-order chi connectivity index (χ0) is 15.8. The van der Waals surface area contributed by atoms with Crippen LogP contribution in [0.5, 0.6) is 0 Å². The van der Waals surface area contributed by atoms with Crippen molar-refractivity contribution >= 4 is 45.6 Å². The van der Waals surface area contributed by atoms with Crippen LogP contribution in [0.25, 0.3) is 0 Å². The fraction of sp³-hybridized carbons (Fsp3) is 0.600. The van der Waals surface area contributed by atoms with Crippen LogP contribution in [0.4, 0.5) is 0 Å². The fourth-order valence-electron chi connectivity index (χ4n) is 2.00. The molecule has 0 spiro atoms. The molecule has 1 aliphatic rings. The third-order valence-corrected chi connectivity index (χ3v) is 3.52. The summed E-state index contributed by atoms with van der Waals surface area (Å²) in [4.78, 5) is 45.8. The quantitative estimate of drug-likeness (QED) is 0.424. The molecule has 2 N–H and O–H groups in total. The minimum Gasteiger partial charge on any atom is -0.790 e. The first-order valence-corrected chi connectivity index (χ1v) is 7.45. The Balaban J connectivity index is 0.00000242. The molecular weight excluding hydrogens is 347 g/mol. The standard InChI is InChI=1S/C10H15N2O8P.Ca/c1-5-3-12(10(15)11-9(5)14)8-2-6(13)7(20-8)4-19-21(16,17)18;/h3,6-8,13H,2,4H2,1H3,(H,11,14,15)(H2,16,17,18);/q;+2/p-2/t6?,7-,8-;/m0./s1. The molecule has 2 heterocycles. The third kappa shape index (κ3) is 4.98. The van der Waals surface area contributed by atoms with Crippen LogP contribution in [0.1, 0.15) is 18.2 Å². The Labute approximate surface area is 154 Å². The van der Waals surface area contributed by atoms with E-state index in [1.54, 1.807) is 0 Å². The Hall–Kier alpha value is -0.0303. The number of rotatable bonds is 4. The average Bonchev–Trinajstić information content (AvgIpc) is 2.72. The smallest absolute Gasteiger partial charge is 0.790 e. The van der Waals surface area contributed by atoms with Gasteiger partial charge in [-0.2, -0.15) is 0 Å². The van der Waals surface area contributed by atoms with Gasteiger partial charge in [0.2, 0.25) is 0 Å². The van der Waals surface area contributed by atoms with Crippen molar-refractivity contribution in [1.29, 1.82) is 0 Å². The van der Waals surface area contributed by atoms with Crippen LogP contribution in [0.3, 0.4) is 0 Å². The number of nitrogens with zero attached hydrogens (tertiary/aromatic N) is 1. The first-order valence-electron chi connectivity index (χ1n) is 5.99. The zero-order valence-corrected chi connectivity index (χ0v) is 14.7. The van der Waals surface area contributed by atoms with E-state index in [0.717, 1.165) is 4.57 Å². The molecule has 22 heavy (non-hydrogen) atoms. The van der Waals surface area contributed by atoms with Crippen molar-refractivity contribution < 1.29 is 28.7 Å². The molecule has 0 aliphatic carbocycles. The molecule has 1 fully saturated rings. The van der Waals surface area contributed by atoms with Crippen molar-refractivity contribution in [3.63, 3.8) is 0 Å². The second kappa shape index (κ2) is 7.69. The van der Waals surface area contributed by atoms with Gasteiger partial charge < -0.3 is 28.7 Å². The van der Waals surface area contributed by atoms with Gasteiger partial charge in [0.1, 0.15) is 12.3 Å². The van der Waals surface area contributed by atoms with Crippen molar-refractivity contribution in [3.05, 3.63) is 32.6 Å². The number of nitrogens with one attached hydrogen (secondary N) is 1. The summed E-state index contributed by atoms with van der Waals surface area (Å²) in [5.41, 5.74) is -0.980. The summed E-state index contributed by atoms with van der Waals surface area (Å²) in [6.45, 7) is 0.852. The predicted molar refractivity (Wildman–Crippen MR) is 69.9 cm³/mol. The van der Waals surface area contributed by atoms with Gasteiger partial charge in [-0.25, -0.2) is 4.79 Å². The van der Waals surface area contributed by atoms with Gasteiger partial charge in [0.25, 0.3) is 5.56 Å². The molecule has 0 aromatic carbocycles. The first-order chi connectivity index (χ1) is 9.67. The normalized spacial score (nSPS) is 25.0. The van der Waals surface area contributed by atoms with Gasteiger partial charge in [0.05, 0.1) is 20.5 Å². The second-order valence-electron chi connectivity index (χ2n) is 4.65. The molecule has 3 atom stereocenters. The van der Waals surface area contributed by atoms with Crippen LogP contribution in [0.2, 0.25) is 0 Å². The van der Waals surface area contributed by atoms with Gasteiger partial charge in [0, 0.05) is 18.2 Å². The Morgan fingerprint density at radius 2 is 2.18 bits per heavy atom. The number of aryl methyl sites for hydroxylation is 1. The number of hydrogen-bond donors (Lipinski definition) is 2. The summed E-state index contributed by atoms with van der Waals surface area (Å²) in [5, 5.41) is 9.75. The van der Waals surface area contributed by atoms with Gasteiger partial charge in [0.15, 0.2) is 0 Å². The fourth-order valence-corrected chi connectivity index (χ4v) is 2.33. The summed E-state index contributed by atoms with van der Waals surface area (Å²) in [6.07, 6.45) is -1.81. The number of aliphatic hydroxyl groups is 1. The second-order valence-corrected chi connectivity index (χ2v) is 5.81. The van der Waals surface area contributed by atoms with Gasteiger partial charge in [-0.1, -0.05) is 0 Å². The molecule has 1 aliphatic heterocycles. The third-order valence-electron chi connectivity index (χ3n) is 3.06. The SMILES string of the molecule is Cc1cn([C@@H]2CC(O)[C@H](COP(=O)([O-])[O-])O2)c(=O)[nH]c1=O.[Ca+2]. The number of aliphatic hydroxyl groups excluding tert-OH is 1. The molecule has 10 nitrogen and oxygen atoms in total. The maximum absolute atomic E-state index is 11.7. The van der Waals surface area contributed by atoms with E-state index in [9.17, 15) is 29.0 Å². The monoisotopic (exact) mass is 360 g/mol. The molecule has 1 saturated heterocycles. The number of phosphoric acid groups is 1.